The van der Waals surface area contributed by atoms with E-state index in [2.05, 4.69) is 4.72 Å². The van der Waals surface area contributed by atoms with Gasteiger partial charge in [-0.1, -0.05) is 0 Å². The third-order valence-corrected chi connectivity index (χ3v) is 3.13. The molecule has 0 spiro atoms. The highest BCUT2D eigenvalue weighted by molar-refractivity contribution is 7.97. The molecule has 0 aliphatic rings. The van der Waals surface area contributed by atoms with Crippen LogP contribution in [0.25, 0.3) is 0 Å². The smallest absolute Gasteiger partial charge is 0.284 e. The van der Waals surface area contributed by atoms with Gasteiger partial charge in [0, 0.05) is 11.6 Å². The molecule has 0 aromatic heterocycles. The van der Waals surface area contributed by atoms with E-state index in [1.54, 1.807) is 12.1 Å². The normalized spacial score (nSPS) is 11.5. The van der Waals surface area contributed by atoms with E-state index in [-0.39, 0.29) is 17.8 Å². The second-order valence-corrected chi connectivity index (χ2v) is 5.52. The fourth-order valence-electron chi connectivity index (χ4n) is 1.10. The Balaban J connectivity index is 2.97. The Bertz CT molecular complexity index is 416. The van der Waals surface area contributed by atoms with Gasteiger partial charge in [0.15, 0.2) is 0 Å². The predicted molar refractivity (Wildman–Crippen MR) is 67.8 cm³/mol. The largest absolute Gasteiger partial charge is 0.392 e. The third-order valence-electron chi connectivity index (χ3n) is 1.87. The van der Waals surface area contributed by atoms with Gasteiger partial charge in [-0.15, -0.1) is 0 Å². The highest BCUT2D eigenvalue weighted by Gasteiger charge is 2.17. The maximum absolute atomic E-state index is 10.8. The van der Waals surface area contributed by atoms with Gasteiger partial charge in [0.05, 0.1) is 11.5 Å². The van der Waals surface area contributed by atoms with Crippen LogP contribution in [0.15, 0.2) is 23.1 Å². The lowest BCUT2D eigenvalue weighted by molar-refractivity contribution is -0.387. The lowest BCUT2D eigenvalue weighted by atomic mass is 10.1. The van der Waals surface area contributed by atoms with Crippen LogP contribution >= 0.6 is 11.9 Å². The summed E-state index contributed by atoms with van der Waals surface area (Å²) < 4.78 is 3.12. The van der Waals surface area contributed by atoms with E-state index in [9.17, 15) is 10.1 Å². The highest BCUT2D eigenvalue weighted by atomic mass is 32.2. The standard InChI is InChI=1S/C11H16N2O3S/c1-11(2,3)12-17-10-6-8(7-14)4-5-9(10)13(15)16/h4-6,12,14H,7H2,1-3H3. The summed E-state index contributed by atoms with van der Waals surface area (Å²) in [7, 11) is 0. The van der Waals surface area contributed by atoms with Crippen LogP contribution in [0.3, 0.4) is 0 Å². The number of hydrogen-bond donors (Lipinski definition) is 2. The summed E-state index contributed by atoms with van der Waals surface area (Å²) in [6.45, 7) is 5.80. The maximum atomic E-state index is 10.8. The Morgan fingerprint density at radius 1 is 1.47 bits per heavy atom. The van der Waals surface area contributed by atoms with Crippen molar-refractivity contribution in [3.05, 3.63) is 33.9 Å². The van der Waals surface area contributed by atoms with Gasteiger partial charge in [-0.2, -0.15) is 0 Å². The van der Waals surface area contributed by atoms with E-state index in [1.165, 1.54) is 18.0 Å². The van der Waals surface area contributed by atoms with Crippen molar-refractivity contribution in [1.29, 1.82) is 0 Å². The number of benzene rings is 1. The molecule has 0 saturated heterocycles. The monoisotopic (exact) mass is 256 g/mol. The number of nitro benzene ring substituents is 1. The van der Waals surface area contributed by atoms with Crippen molar-refractivity contribution >= 4 is 17.6 Å². The quantitative estimate of drug-likeness (QED) is 0.492. The van der Waals surface area contributed by atoms with Crippen LogP contribution in [0.1, 0.15) is 26.3 Å². The van der Waals surface area contributed by atoms with E-state index < -0.39 is 4.92 Å². The Kier molecular flexibility index (Phi) is 4.50. The summed E-state index contributed by atoms with van der Waals surface area (Å²) in [4.78, 5) is 10.9. The molecular formula is C11H16N2O3S. The van der Waals surface area contributed by atoms with Crippen LogP contribution in [-0.4, -0.2) is 15.6 Å². The lowest BCUT2D eigenvalue weighted by Crippen LogP contribution is -2.29. The molecule has 0 amide bonds. The van der Waals surface area contributed by atoms with Crippen molar-refractivity contribution in [2.75, 3.05) is 0 Å². The minimum absolute atomic E-state index is 0.0453. The molecule has 5 nitrogen and oxygen atoms in total. The van der Waals surface area contributed by atoms with Crippen molar-refractivity contribution in [2.24, 2.45) is 0 Å². The number of hydrogen-bond acceptors (Lipinski definition) is 5. The highest BCUT2D eigenvalue weighted by Crippen LogP contribution is 2.29. The fourth-order valence-corrected chi connectivity index (χ4v) is 1.97. The van der Waals surface area contributed by atoms with Gasteiger partial charge in [0.1, 0.15) is 4.90 Å². The molecule has 1 aromatic rings. The number of nitro groups is 1. The molecule has 0 unspecified atom stereocenters. The molecule has 0 aliphatic heterocycles. The van der Waals surface area contributed by atoms with E-state index >= 15 is 0 Å². The first kappa shape index (κ1) is 14.0. The molecule has 6 heteroatoms. The van der Waals surface area contributed by atoms with Gasteiger partial charge in [0.2, 0.25) is 0 Å². The molecule has 94 valence electrons. The van der Waals surface area contributed by atoms with E-state index in [0.29, 0.717) is 10.5 Å². The number of aliphatic hydroxyl groups is 1. The molecule has 1 aromatic carbocycles. The van der Waals surface area contributed by atoms with Gasteiger partial charge in [-0.05, 0) is 50.4 Å². The number of nitrogens with zero attached hydrogens (tertiary/aromatic N) is 1. The van der Waals surface area contributed by atoms with E-state index in [0.717, 1.165) is 0 Å². The van der Waals surface area contributed by atoms with Gasteiger partial charge in [0.25, 0.3) is 5.69 Å². The average molecular weight is 256 g/mol. The van der Waals surface area contributed by atoms with Gasteiger partial charge in [-0.3, -0.25) is 14.8 Å². The van der Waals surface area contributed by atoms with Crippen molar-refractivity contribution in [3.8, 4) is 0 Å². The Morgan fingerprint density at radius 2 is 2.12 bits per heavy atom. The number of aliphatic hydroxyl groups excluding tert-OH is 1. The molecule has 0 atom stereocenters. The van der Waals surface area contributed by atoms with Crippen molar-refractivity contribution in [2.45, 2.75) is 37.8 Å². The molecule has 1 rings (SSSR count). The molecule has 0 heterocycles. The minimum atomic E-state index is -0.423. The van der Waals surface area contributed by atoms with Gasteiger partial charge in [-0.25, -0.2) is 0 Å². The molecule has 0 bridgehead atoms. The first-order valence-electron chi connectivity index (χ1n) is 5.15. The Morgan fingerprint density at radius 3 is 2.59 bits per heavy atom. The summed E-state index contributed by atoms with van der Waals surface area (Å²) in [5.74, 6) is 0. The Hall–Kier alpha value is -1.11. The van der Waals surface area contributed by atoms with Crippen molar-refractivity contribution < 1.29 is 10.0 Å². The molecular weight excluding hydrogens is 240 g/mol. The molecule has 0 fully saturated rings. The van der Waals surface area contributed by atoms with Gasteiger partial charge >= 0.3 is 0 Å². The van der Waals surface area contributed by atoms with Gasteiger partial charge < -0.3 is 5.11 Å². The zero-order valence-electron chi connectivity index (χ0n) is 10.1. The molecule has 0 radical (unpaired) electrons. The van der Waals surface area contributed by atoms with E-state index in [1.807, 2.05) is 20.8 Å². The minimum Gasteiger partial charge on any atom is -0.392 e. The topological polar surface area (TPSA) is 75.4 Å². The van der Waals surface area contributed by atoms with Crippen LogP contribution in [0.4, 0.5) is 5.69 Å². The second-order valence-electron chi connectivity index (χ2n) is 4.67. The molecule has 0 saturated carbocycles. The van der Waals surface area contributed by atoms with Crippen LogP contribution in [-0.2, 0) is 6.61 Å². The molecule has 0 aliphatic carbocycles. The zero-order valence-corrected chi connectivity index (χ0v) is 10.9. The van der Waals surface area contributed by atoms with E-state index in [4.69, 9.17) is 5.11 Å². The predicted octanol–water partition coefficient (Wildman–Crippen LogP) is 2.48. The fraction of sp³-hybridized carbons (Fsp3) is 0.455. The summed E-state index contributed by atoms with van der Waals surface area (Å²) in [5, 5.41) is 19.9. The molecule has 2 N–H and O–H groups in total. The average Bonchev–Trinajstić information content (AvgIpc) is 2.24. The van der Waals surface area contributed by atoms with Crippen molar-refractivity contribution in [1.82, 2.24) is 4.72 Å². The lowest BCUT2D eigenvalue weighted by Gasteiger charge is -2.19. The van der Waals surface area contributed by atoms with Crippen LogP contribution in [0.2, 0.25) is 0 Å². The SMILES string of the molecule is CC(C)(C)NSc1cc(CO)ccc1[N+](=O)[O-]. The summed E-state index contributed by atoms with van der Waals surface area (Å²) in [6, 6.07) is 4.60. The third kappa shape index (κ3) is 4.33. The zero-order chi connectivity index (χ0) is 13.1. The second kappa shape index (κ2) is 5.48. The van der Waals surface area contributed by atoms with Crippen LogP contribution in [0, 0.1) is 10.1 Å². The summed E-state index contributed by atoms with van der Waals surface area (Å²) in [5.41, 5.74) is 0.561. The Labute approximate surface area is 105 Å². The van der Waals surface area contributed by atoms with Crippen molar-refractivity contribution in [3.63, 3.8) is 0 Å². The first-order chi connectivity index (χ1) is 7.83. The van der Waals surface area contributed by atoms with Crippen LogP contribution < -0.4 is 4.72 Å². The first-order valence-corrected chi connectivity index (χ1v) is 5.97. The number of nitrogens with one attached hydrogen (secondary N) is 1. The van der Waals surface area contributed by atoms with Crippen LogP contribution in [0.5, 0.6) is 0 Å². The summed E-state index contributed by atoms with van der Waals surface area (Å²) in [6.07, 6.45) is 0. The summed E-state index contributed by atoms with van der Waals surface area (Å²) >= 11 is 1.21. The maximum Gasteiger partial charge on any atom is 0.284 e. The molecule has 17 heavy (non-hydrogen) atoms. The number of rotatable bonds is 4.